The minimum absolute atomic E-state index is 0.713. The van der Waals surface area contributed by atoms with E-state index in [1.807, 2.05) is 11.8 Å². The molecule has 1 aliphatic rings. The fourth-order valence-electron chi connectivity index (χ4n) is 2.27. The van der Waals surface area contributed by atoms with E-state index in [1.165, 1.54) is 13.0 Å². The molecule has 2 atom stereocenters. The van der Waals surface area contributed by atoms with E-state index in [2.05, 4.69) is 38.9 Å². The summed E-state index contributed by atoms with van der Waals surface area (Å²) in [4.78, 5) is 2.67. The lowest BCUT2D eigenvalue weighted by molar-refractivity contribution is 0.166. The van der Waals surface area contributed by atoms with E-state index >= 15 is 0 Å². The van der Waals surface area contributed by atoms with Crippen LogP contribution < -0.4 is 0 Å². The summed E-state index contributed by atoms with van der Waals surface area (Å²) in [5.41, 5.74) is 0. The SMILES string of the molecule is CSC1C[C@@H](C(C)C)N(C(C)C)C1. The normalized spacial score (nSPS) is 30.7. The summed E-state index contributed by atoms with van der Waals surface area (Å²) in [6.45, 7) is 10.6. The summed E-state index contributed by atoms with van der Waals surface area (Å²) in [7, 11) is 0. The van der Waals surface area contributed by atoms with Gasteiger partial charge in [-0.3, -0.25) is 4.90 Å². The minimum atomic E-state index is 0.713. The number of nitrogens with zero attached hydrogens (tertiary/aromatic N) is 1. The van der Waals surface area contributed by atoms with Gasteiger partial charge in [0.25, 0.3) is 0 Å². The third-order valence-electron chi connectivity index (χ3n) is 3.11. The molecule has 0 radical (unpaired) electrons. The summed E-state index contributed by atoms with van der Waals surface area (Å²) in [6, 6.07) is 1.53. The number of likely N-dealkylation sites (tertiary alicyclic amines) is 1. The van der Waals surface area contributed by atoms with Gasteiger partial charge in [0.2, 0.25) is 0 Å². The largest absolute Gasteiger partial charge is 0.297 e. The molecule has 1 unspecified atom stereocenters. The Balaban J connectivity index is 2.60. The van der Waals surface area contributed by atoms with Crippen molar-refractivity contribution >= 4 is 11.8 Å². The third kappa shape index (κ3) is 2.63. The van der Waals surface area contributed by atoms with Gasteiger partial charge in [-0.2, -0.15) is 11.8 Å². The van der Waals surface area contributed by atoms with Crippen LogP contribution in [0.5, 0.6) is 0 Å². The molecule has 0 aromatic rings. The van der Waals surface area contributed by atoms with Crippen LogP contribution in [0.3, 0.4) is 0 Å². The third-order valence-corrected chi connectivity index (χ3v) is 4.12. The van der Waals surface area contributed by atoms with Gasteiger partial charge < -0.3 is 0 Å². The molecule has 2 heteroatoms. The van der Waals surface area contributed by atoms with Crippen LogP contribution in [0, 0.1) is 5.92 Å². The summed E-state index contributed by atoms with van der Waals surface area (Å²) in [6.07, 6.45) is 3.63. The maximum Gasteiger partial charge on any atom is 0.0187 e. The Kier molecular flexibility index (Phi) is 4.11. The fourth-order valence-corrected chi connectivity index (χ4v) is 2.98. The first-order valence-electron chi connectivity index (χ1n) is 5.34. The number of rotatable bonds is 3. The zero-order valence-corrected chi connectivity index (χ0v) is 10.4. The first kappa shape index (κ1) is 11.4. The van der Waals surface area contributed by atoms with Gasteiger partial charge in [-0.1, -0.05) is 13.8 Å². The Morgan fingerprint density at radius 3 is 2.15 bits per heavy atom. The van der Waals surface area contributed by atoms with Crippen molar-refractivity contribution in [3.63, 3.8) is 0 Å². The molecular weight excluding hydrogens is 178 g/mol. The monoisotopic (exact) mass is 201 g/mol. The van der Waals surface area contributed by atoms with E-state index in [-0.39, 0.29) is 0 Å². The number of hydrogen-bond donors (Lipinski definition) is 0. The van der Waals surface area contributed by atoms with Crippen molar-refractivity contribution in [2.24, 2.45) is 5.92 Å². The quantitative estimate of drug-likeness (QED) is 0.691. The molecule has 0 aliphatic carbocycles. The van der Waals surface area contributed by atoms with E-state index in [4.69, 9.17) is 0 Å². The van der Waals surface area contributed by atoms with Crippen LogP contribution in [0.2, 0.25) is 0 Å². The highest BCUT2D eigenvalue weighted by Crippen LogP contribution is 2.31. The molecule has 1 nitrogen and oxygen atoms in total. The van der Waals surface area contributed by atoms with Crippen molar-refractivity contribution in [2.75, 3.05) is 12.8 Å². The van der Waals surface area contributed by atoms with E-state index in [0.29, 0.717) is 6.04 Å². The van der Waals surface area contributed by atoms with E-state index in [9.17, 15) is 0 Å². The highest BCUT2D eigenvalue weighted by Gasteiger charge is 2.34. The zero-order chi connectivity index (χ0) is 10.0. The Labute approximate surface area is 87.3 Å². The lowest BCUT2D eigenvalue weighted by Crippen LogP contribution is -2.38. The Morgan fingerprint density at radius 1 is 1.23 bits per heavy atom. The molecule has 0 aromatic heterocycles. The average Bonchev–Trinajstić information content (AvgIpc) is 2.47. The van der Waals surface area contributed by atoms with Crippen molar-refractivity contribution in [1.82, 2.24) is 4.90 Å². The van der Waals surface area contributed by atoms with Gasteiger partial charge in [-0.25, -0.2) is 0 Å². The summed E-state index contributed by atoms with van der Waals surface area (Å²) < 4.78 is 0. The molecule has 1 fully saturated rings. The van der Waals surface area contributed by atoms with E-state index in [0.717, 1.165) is 17.2 Å². The molecule has 1 heterocycles. The van der Waals surface area contributed by atoms with E-state index < -0.39 is 0 Å². The van der Waals surface area contributed by atoms with Crippen molar-refractivity contribution in [2.45, 2.75) is 51.4 Å². The minimum Gasteiger partial charge on any atom is -0.297 e. The molecule has 1 rings (SSSR count). The highest BCUT2D eigenvalue weighted by atomic mass is 32.2. The van der Waals surface area contributed by atoms with Gasteiger partial charge in [0.15, 0.2) is 0 Å². The van der Waals surface area contributed by atoms with Gasteiger partial charge in [0.05, 0.1) is 0 Å². The van der Waals surface area contributed by atoms with Crippen LogP contribution in [-0.4, -0.2) is 35.0 Å². The van der Waals surface area contributed by atoms with Gasteiger partial charge >= 0.3 is 0 Å². The lowest BCUT2D eigenvalue weighted by Gasteiger charge is -2.30. The summed E-state index contributed by atoms with van der Waals surface area (Å²) >= 11 is 2.03. The Hall–Kier alpha value is 0.310. The summed E-state index contributed by atoms with van der Waals surface area (Å²) in [5.74, 6) is 0.805. The molecule has 0 saturated carbocycles. The number of hydrogen-bond acceptors (Lipinski definition) is 2. The van der Waals surface area contributed by atoms with Crippen LogP contribution in [0.15, 0.2) is 0 Å². The molecule has 0 spiro atoms. The molecule has 13 heavy (non-hydrogen) atoms. The second-order valence-electron chi connectivity index (χ2n) is 4.70. The van der Waals surface area contributed by atoms with Crippen LogP contribution in [0.1, 0.15) is 34.1 Å². The Morgan fingerprint density at radius 2 is 1.85 bits per heavy atom. The zero-order valence-electron chi connectivity index (χ0n) is 9.58. The first-order chi connectivity index (χ1) is 6.06. The number of thioether (sulfide) groups is 1. The first-order valence-corrected chi connectivity index (χ1v) is 6.63. The van der Waals surface area contributed by atoms with Crippen molar-refractivity contribution < 1.29 is 0 Å². The van der Waals surface area contributed by atoms with Gasteiger partial charge in [0.1, 0.15) is 0 Å². The lowest BCUT2D eigenvalue weighted by atomic mass is 10.0. The average molecular weight is 201 g/mol. The molecule has 0 amide bonds. The van der Waals surface area contributed by atoms with Crippen LogP contribution >= 0.6 is 11.8 Å². The molecule has 1 saturated heterocycles. The molecule has 1 aliphatic heterocycles. The second-order valence-corrected chi connectivity index (χ2v) is 5.83. The van der Waals surface area contributed by atoms with Gasteiger partial charge in [-0.05, 0) is 32.4 Å². The van der Waals surface area contributed by atoms with Crippen molar-refractivity contribution in [3.8, 4) is 0 Å². The van der Waals surface area contributed by atoms with Crippen LogP contribution in [0.25, 0.3) is 0 Å². The summed E-state index contributed by atoms with van der Waals surface area (Å²) in [5, 5.41) is 0.870. The van der Waals surface area contributed by atoms with Crippen LogP contribution in [-0.2, 0) is 0 Å². The van der Waals surface area contributed by atoms with Crippen LogP contribution in [0.4, 0.5) is 0 Å². The standard InChI is InChI=1S/C11H23NS/c1-8(2)11-6-10(13-5)7-12(11)9(3)4/h8-11H,6-7H2,1-5H3/t10?,11-/m0/s1. The van der Waals surface area contributed by atoms with E-state index in [1.54, 1.807) is 0 Å². The Bertz CT molecular complexity index is 140. The predicted molar refractivity (Wildman–Crippen MR) is 62.4 cm³/mol. The maximum atomic E-state index is 2.67. The topological polar surface area (TPSA) is 3.24 Å². The fraction of sp³-hybridized carbons (Fsp3) is 1.00. The molecule has 0 aromatic carbocycles. The van der Waals surface area contributed by atoms with Crippen molar-refractivity contribution in [3.05, 3.63) is 0 Å². The van der Waals surface area contributed by atoms with Gasteiger partial charge in [0, 0.05) is 23.9 Å². The predicted octanol–water partition coefficient (Wildman–Crippen LogP) is 2.86. The maximum absolute atomic E-state index is 2.67. The van der Waals surface area contributed by atoms with Gasteiger partial charge in [-0.15, -0.1) is 0 Å². The molecule has 78 valence electrons. The smallest absolute Gasteiger partial charge is 0.0187 e. The van der Waals surface area contributed by atoms with Crippen molar-refractivity contribution in [1.29, 1.82) is 0 Å². The highest BCUT2D eigenvalue weighted by molar-refractivity contribution is 7.99. The molecular formula is C11H23NS. The molecule has 0 N–H and O–H groups in total. The second kappa shape index (κ2) is 4.70. The molecule has 0 bridgehead atoms.